The van der Waals surface area contributed by atoms with Crippen molar-refractivity contribution in [2.45, 2.75) is 376 Å². The zero-order valence-electron chi connectivity index (χ0n) is 55.3. The first kappa shape index (κ1) is 80.8. The number of hydrogen-bond acceptors (Lipinski definition) is 13. The van der Waals surface area contributed by atoms with Crippen molar-refractivity contribution < 1.29 is 64.6 Å². The van der Waals surface area contributed by atoms with Crippen LogP contribution in [-0.2, 0) is 23.7 Å². The third-order valence-electron chi connectivity index (χ3n) is 17.4. The van der Waals surface area contributed by atoms with Crippen molar-refractivity contribution in [3.8, 4) is 0 Å². The van der Waals surface area contributed by atoms with Crippen LogP contribution in [-0.4, -0.2) is 140 Å². The van der Waals surface area contributed by atoms with Crippen LogP contribution in [0.15, 0.2) is 60.8 Å². The Morgan fingerprint density at radius 3 is 1.21 bits per heavy atom. The van der Waals surface area contributed by atoms with E-state index in [1.54, 1.807) is 6.08 Å². The van der Waals surface area contributed by atoms with Crippen molar-refractivity contribution >= 4 is 5.91 Å². The van der Waals surface area contributed by atoms with Gasteiger partial charge in [-0.15, -0.1) is 0 Å². The van der Waals surface area contributed by atoms with Crippen molar-refractivity contribution in [2.24, 2.45) is 0 Å². The van der Waals surface area contributed by atoms with Crippen molar-refractivity contribution in [3.63, 3.8) is 0 Å². The number of hydrogen-bond donors (Lipinski definition) is 9. The van der Waals surface area contributed by atoms with E-state index < -0.39 is 86.8 Å². The monoisotopic (exact) mass is 1230 g/mol. The van der Waals surface area contributed by atoms with Crippen molar-refractivity contribution in [1.82, 2.24) is 5.32 Å². The first-order chi connectivity index (χ1) is 42.6. The summed E-state index contributed by atoms with van der Waals surface area (Å²) >= 11 is 0. The maximum atomic E-state index is 13.3. The van der Waals surface area contributed by atoms with Gasteiger partial charge >= 0.3 is 0 Å². The Bertz CT molecular complexity index is 1690. The van der Waals surface area contributed by atoms with Gasteiger partial charge in [-0.2, -0.15) is 0 Å². The largest absolute Gasteiger partial charge is 0.394 e. The zero-order valence-corrected chi connectivity index (χ0v) is 55.3. The molecule has 12 atom stereocenters. The second kappa shape index (κ2) is 57.6. The SMILES string of the molecule is CCCCCCC/C=C\C/C=C\C/C=C\CCCCCCCCCCCCCCCCCCC(=O)NC(COC1OC(CO)C(OC2OC(CO)C(O)C(O)C2O)C(O)C1O)C(O)/C=C/CC/C=C/CCCCCCCCCCCCCCCCCC. The number of aliphatic hydroxyl groups is 8. The number of carbonyl (C=O) groups excluding carboxylic acids is 1. The lowest BCUT2D eigenvalue weighted by atomic mass is 9.97. The molecule has 2 aliphatic heterocycles. The molecular weight excluding hydrogens is 1100 g/mol. The van der Waals surface area contributed by atoms with Crippen LogP contribution in [0, 0.1) is 0 Å². The molecule has 87 heavy (non-hydrogen) atoms. The van der Waals surface area contributed by atoms with Gasteiger partial charge in [0.1, 0.15) is 48.8 Å². The molecule has 2 aliphatic rings. The number of nitrogens with one attached hydrogen (secondary N) is 1. The van der Waals surface area contributed by atoms with Gasteiger partial charge in [0, 0.05) is 6.42 Å². The van der Waals surface area contributed by atoms with E-state index in [2.05, 4.69) is 67.8 Å². The number of rotatable bonds is 59. The standard InChI is InChI=1S/C73H133NO13/c1-3-5-7-9-11-13-15-17-19-21-23-25-27-28-29-30-31-32-33-34-35-37-39-41-43-45-47-49-51-53-55-57-65(78)74-61(60-84-72-70(83)68(81)71(64(59-76)86-72)87-73-69(82)67(80)66(79)63(58-75)85-73)62(77)56-54-52-50-48-46-44-42-40-38-36-26-24-22-20-18-16-14-12-10-8-6-4-2/h15,17,21,23,27-28,46,48,54,56,61-64,66-73,75-77,79-83H,3-14,16,18-20,22,24-26,29-45,47,49-53,55,57-60H2,1-2H3,(H,74,78)/b17-15-,23-21-,28-27-,48-46+,56-54+. The van der Waals surface area contributed by atoms with E-state index in [0.717, 1.165) is 44.9 Å². The molecule has 14 nitrogen and oxygen atoms in total. The molecule has 12 unspecified atom stereocenters. The normalized spacial score (nSPS) is 23.6. The molecule has 0 aromatic heterocycles. The summed E-state index contributed by atoms with van der Waals surface area (Å²) in [5.74, 6) is -0.247. The molecule has 0 bridgehead atoms. The molecule has 14 heteroatoms. The summed E-state index contributed by atoms with van der Waals surface area (Å²) in [6.45, 7) is 2.81. The molecule has 0 aromatic carbocycles. The van der Waals surface area contributed by atoms with Crippen LogP contribution < -0.4 is 5.32 Å². The van der Waals surface area contributed by atoms with E-state index >= 15 is 0 Å². The number of allylic oxidation sites excluding steroid dienone is 9. The summed E-state index contributed by atoms with van der Waals surface area (Å²) in [5, 5.41) is 87.4. The molecule has 2 rings (SSSR count). The molecular formula is C73H133NO13. The van der Waals surface area contributed by atoms with E-state index in [1.807, 2.05) is 6.08 Å². The van der Waals surface area contributed by atoms with Crippen LogP contribution in [0.1, 0.15) is 303 Å². The highest BCUT2D eigenvalue weighted by Gasteiger charge is 2.51. The lowest BCUT2D eigenvalue weighted by Gasteiger charge is -2.46. The van der Waals surface area contributed by atoms with E-state index in [9.17, 15) is 45.6 Å². The second-order valence-electron chi connectivity index (χ2n) is 25.4. The van der Waals surface area contributed by atoms with Gasteiger partial charge in [0.2, 0.25) is 5.91 Å². The minimum absolute atomic E-state index is 0.247. The lowest BCUT2D eigenvalue weighted by Crippen LogP contribution is -2.65. The highest BCUT2D eigenvalue weighted by atomic mass is 16.7. The average Bonchev–Trinajstić information content (AvgIpc) is 2.33. The molecule has 0 aromatic rings. The summed E-state index contributed by atoms with van der Waals surface area (Å²) < 4.78 is 22.8. The molecule has 1 amide bonds. The van der Waals surface area contributed by atoms with Crippen LogP contribution in [0.5, 0.6) is 0 Å². The lowest BCUT2D eigenvalue weighted by molar-refractivity contribution is -0.359. The number of amides is 1. The predicted molar refractivity (Wildman–Crippen MR) is 355 cm³/mol. The number of ether oxygens (including phenoxy) is 4. The second-order valence-corrected chi connectivity index (χ2v) is 25.4. The highest BCUT2D eigenvalue weighted by Crippen LogP contribution is 2.30. The van der Waals surface area contributed by atoms with Gasteiger partial charge in [-0.1, -0.05) is 286 Å². The quantitative estimate of drug-likeness (QED) is 0.0204. The Balaban J connectivity index is 1.67. The summed E-state index contributed by atoms with van der Waals surface area (Å²) in [6, 6.07) is -0.934. The molecule has 0 saturated carbocycles. The van der Waals surface area contributed by atoms with Gasteiger partial charge in [0.05, 0.1) is 32.0 Å². The van der Waals surface area contributed by atoms with Crippen LogP contribution >= 0.6 is 0 Å². The summed E-state index contributed by atoms with van der Waals surface area (Å²) in [7, 11) is 0. The Hall–Kier alpha value is -2.31. The first-order valence-electron chi connectivity index (χ1n) is 36.0. The molecule has 9 N–H and O–H groups in total. The molecule has 2 fully saturated rings. The van der Waals surface area contributed by atoms with Gasteiger partial charge in [0.15, 0.2) is 12.6 Å². The maximum absolute atomic E-state index is 13.3. The Kier molecular flexibility index (Phi) is 53.5. The van der Waals surface area contributed by atoms with Crippen molar-refractivity contribution in [3.05, 3.63) is 60.8 Å². The predicted octanol–water partition coefficient (Wildman–Crippen LogP) is 14.8. The van der Waals surface area contributed by atoms with Gasteiger partial charge in [-0.05, 0) is 70.6 Å². The maximum Gasteiger partial charge on any atom is 0.220 e. The van der Waals surface area contributed by atoms with E-state index in [-0.39, 0.29) is 18.9 Å². The fraction of sp³-hybridized carbons (Fsp3) is 0.849. The van der Waals surface area contributed by atoms with Gasteiger partial charge in [-0.25, -0.2) is 0 Å². The average molecular weight is 1230 g/mol. The third-order valence-corrected chi connectivity index (χ3v) is 17.4. The highest BCUT2D eigenvalue weighted by molar-refractivity contribution is 5.76. The first-order valence-corrected chi connectivity index (χ1v) is 36.0. The molecule has 0 radical (unpaired) electrons. The molecule has 0 spiro atoms. The fourth-order valence-electron chi connectivity index (χ4n) is 11.7. The molecule has 508 valence electrons. The number of aliphatic hydroxyl groups excluding tert-OH is 8. The van der Waals surface area contributed by atoms with Gasteiger partial charge in [0.25, 0.3) is 0 Å². The van der Waals surface area contributed by atoms with E-state index in [4.69, 9.17) is 18.9 Å². The Labute approximate surface area is 530 Å². The van der Waals surface area contributed by atoms with Crippen LogP contribution in [0.2, 0.25) is 0 Å². The van der Waals surface area contributed by atoms with Gasteiger partial charge in [-0.3, -0.25) is 4.79 Å². The Morgan fingerprint density at radius 2 is 0.770 bits per heavy atom. The third kappa shape index (κ3) is 41.7. The van der Waals surface area contributed by atoms with Crippen LogP contribution in [0.3, 0.4) is 0 Å². The van der Waals surface area contributed by atoms with Crippen molar-refractivity contribution in [1.29, 1.82) is 0 Å². The van der Waals surface area contributed by atoms with Crippen LogP contribution in [0.25, 0.3) is 0 Å². The minimum atomic E-state index is -1.79. The summed E-state index contributed by atoms with van der Waals surface area (Å²) in [5.41, 5.74) is 0. The Morgan fingerprint density at radius 1 is 0.414 bits per heavy atom. The van der Waals surface area contributed by atoms with E-state index in [1.165, 1.54) is 225 Å². The summed E-state index contributed by atoms with van der Waals surface area (Å²) in [4.78, 5) is 13.3. The zero-order chi connectivity index (χ0) is 63.1. The van der Waals surface area contributed by atoms with Crippen LogP contribution in [0.4, 0.5) is 0 Å². The summed E-state index contributed by atoms with van der Waals surface area (Å²) in [6.07, 6.45) is 59.9. The van der Waals surface area contributed by atoms with E-state index in [0.29, 0.717) is 12.8 Å². The minimum Gasteiger partial charge on any atom is -0.394 e. The molecule has 2 heterocycles. The van der Waals surface area contributed by atoms with Crippen molar-refractivity contribution in [2.75, 3.05) is 19.8 Å². The fourth-order valence-corrected chi connectivity index (χ4v) is 11.7. The number of carbonyl (C=O) groups is 1. The topological polar surface area (TPSA) is 228 Å². The smallest absolute Gasteiger partial charge is 0.220 e. The number of unbranched alkanes of at least 4 members (excludes halogenated alkanes) is 38. The van der Waals surface area contributed by atoms with Gasteiger partial charge < -0.3 is 65.1 Å². The molecule has 2 saturated heterocycles. The molecule has 0 aliphatic carbocycles.